The van der Waals surface area contributed by atoms with E-state index in [0.29, 0.717) is 25.7 Å². The molecule has 0 heterocycles. The Bertz CT molecular complexity index is 1110. The van der Waals surface area contributed by atoms with Crippen molar-refractivity contribution in [2.45, 2.75) is 226 Å². The Balaban J connectivity index is 4.47. The van der Waals surface area contributed by atoms with Gasteiger partial charge in [-0.2, -0.15) is 0 Å². The Morgan fingerprint density at radius 2 is 0.741 bits per heavy atom. The Labute approximate surface area is 357 Å². The summed E-state index contributed by atoms with van der Waals surface area (Å²) < 4.78 is 16.6. The smallest absolute Gasteiger partial charge is 0.306 e. The van der Waals surface area contributed by atoms with E-state index in [-0.39, 0.29) is 31.6 Å². The molecule has 0 aliphatic carbocycles. The van der Waals surface area contributed by atoms with E-state index in [1.54, 1.807) is 0 Å². The first-order valence-corrected chi connectivity index (χ1v) is 24.0. The molecule has 0 N–H and O–H groups in total. The van der Waals surface area contributed by atoms with Crippen molar-refractivity contribution >= 4 is 17.9 Å². The minimum absolute atomic E-state index is 0.118. The van der Waals surface area contributed by atoms with Crippen LogP contribution < -0.4 is 0 Å². The standard InChI is InChI=1S/C52H88O6/c1-4-7-10-13-16-19-21-23-24-25-26-27-29-30-33-36-39-42-45-51(54)57-48-49(47-56-50(53)44-41-38-35-32-18-15-12-9-6-3)58-52(55)46-43-40-37-34-31-28-22-20-17-14-11-8-5-2/h21,23-28,31-32,35,37,40,49H,4-20,22,29-30,33-34,36,38-39,41-48H2,1-3H3/b23-21-,25-24-,27-26-,31-28-,35-32-,40-37-. The number of carbonyl (C=O) groups is 3. The quantitative estimate of drug-likeness (QED) is 0.0201. The summed E-state index contributed by atoms with van der Waals surface area (Å²) in [4.78, 5) is 37.7. The number of rotatable bonds is 42. The van der Waals surface area contributed by atoms with Gasteiger partial charge < -0.3 is 14.2 Å². The fraction of sp³-hybridized carbons (Fsp3) is 0.712. The van der Waals surface area contributed by atoms with Crippen LogP contribution in [0.3, 0.4) is 0 Å². The van der Waals surface area contributed by atoms with Gasteiger partial charge in [0.15, 0.2) is 6.10 Å². The van der Waals surface area contributed by atoms with Gasteiger partial charge in [-0.15, -0.1) is 0 Å². The molecule has 0 aliphatic heterocycles. The molecule has 0 aromatic heterocycles. The lowest BCUT2D eigenvalue weighted by Crippen LogP contribution is -2.30. The molecule has 0 aliphatic rings. The van der Waals surface area contributed by atoms with Gasteiger partial charge in [-0.25, -0.2) is 0 Å². The average molecular weight is 809 g/mol. The van der Waals surface area contributed by atoms with Crippen molar-refractivity contribution in [2.24, 2.45) is 0 Å². The van der Waals surface area contributed by atoms with Gasteiger partial charge in [0.05, 0.1) is 0 Å². The van der Waals surface area contributed by atoms with E-state index in [1.165, 1.54) is 96.3 Å². The first kappa shape index (κ1) is 54.9. The van der Waals surface area contributed by atoms with Gasteiger partial charge in [0.25, 0.3) is 0 Å². The fourth-order valence-corrected chi connectivity index (χ4v) is 6.32. The van der Waals surface area contributed by atoms with E-state index in [1.807, 2.05) is 6.08 Å². The molecular weight excluding hydrogens is 721 g/mol. The average Bonchev–Trinajstić information content (AvgIpc) is 3.22. The SMILES string of the molecule is CCCCCC/C=C\CCCC(=O)OCC(COC(=O)CCCCCCC\C=C/C=C\C=C/CCCCCCC)OC(=O)CC/C=C\C/C=C\CCCCCCCC. The number of hydrogen-bond acceptors (Lipinski definition) is 6. The number of unbranched alkanes of at least 4 members (excludes halogenated alkanes) is 21. The Hall–Kier alpha value is -3.15. The highest BCUT2D eigenvalue weighted by atomic mass is 16.6. The van der Waals surface area contributed by atoms with Gasteiger partial charge in [0.1, 0.15) is 13.2 Å². The van der Waals surface area contributed by atoms with Crippen LogP contribution in [0, 0.1) is 0 Å². The van der Waals surface area contributed by atoms with Crippen molar-refractivity contribution in [3.63, 3.8) is 0 Å². The highest BCUT2D eigenvalue weighted by Gasteiger charge is 2.19. The van der Waals surface area contributed by atoms with Gasteiger partial charge in [-0.05, 0) is 83.5 Å². The lowest BCUT2D eigenvalue weighted by Gasteiger charge is -2.18. The van der Waals surface area contributed by atoms with E-state index in [2.05, 4.69) is 87.6 Å². The summed E-state index contributed by atoms with van der Waals surface area (Å²) in [7, 11) is 0. The van der Waals surface area contributed by atoms with Crippen LogP contribution in [-0.2, 0) is 28.6 Å². The molecule has 0 spiro atoms. The monoisotopic (exact) mass is 809 g/mol. The molecule has 0 rings (SSSR count). The Morgan fingerprint density at radius 3 is 1.26 bits per heavy atom. The van der Waals surface area contributed by atoms with Crippen LogP contribution in [0.2, 0.25) is 0 Å². The fourth-order valence-electron chi connectivity index (χ4n) is 6.32. The van der Waals surface area contributed by atoms with Crippen molar-refractivity contribution in [3.05, 3.63) is 72.9 Å². The molecule has 0 fully saturated rings. The Kier molecular flexibility index (Phi) is 44.0. The van der Waals surface area contributed by atoms with Gasteiger partial charge in [0.2, 0.25) is 0 Å². The maximum Gasteiger partial charge on any atom is 0.306 e. The number of allylic oxidation sites excluding steroid dienone is 12. The molecule has 6 nitrogen and oxygen atoms in total. The maximum atomic E-state index is 12.7. The number of carbonyl (C=O) groups excluding carboxylic acids is 3. The topological polar surface area (TPSA) is 78.9 Å². The van der Waals surface area contributed by atoms with Gasteiger partial charge in [-0.1, -0.05) is 190 Å². The summed E-state index contributed by atoms with van der Waals surface area (Å²) in [5, 5.41) is 0. The predicted octanol–water partition coefficient (Wildman–Crippen LogP) is 15.5. The summed E-state index contributed by atoms with van der Waals surface area (Å²) in [6, 6.07) is 0. The first-order chi connectivity index (χ1) is 28.5. The largest absolute Gasteiger partial charge is 0.462 e. The molecule has 58 heavy (non-hydrogen) atoms. The molecule has 1 unspecified atom stereocenters. The molecule has 0 bridgehead atoms. The van der Waals surface area contributed by atoms with Crippen molar-refractivity contribution in [3.8, 4) is 0 Å². The molecule has 0 aromatic carbocycles. The van der Waals surface area contributed by atoms with Crippen molar-refractivity contribution in [1.82, 2.24) is 0 Å². The van der Waals surface area contributed by atoms with Crippen molar-refractivity contribution in [1.29, 1.82) is 0 Å². The second kappa shape index (κ2) is 46.5. The minimum atomic E-state index is -0.823. The molecule has 6 heteroatoms. The van der Waals surface area contributed by atoms with Crippen LogP contribution in [0.5, 0.6) is 0 Å². The summed E-state index contributed by atoms with van der Waals surface area (Å²) in [5.41, 5.74) is 0. The summed E-state index contributed by atoms with van der Waals surface area (Å²) in [6.07, 6.45) is 57.6. The Morgan fingerprint density at radius 1 is 0.362 bits per heavy atom. The zero-order valence-electron chi connectivity index (χ0n) is 37.8. The van der Waals surface area contributed by atoms with Gasteiger partial charge in [0, 0.05) is 19.3 Å². The zero-order chi connectivity index (χ0) is 42.3. The minimum Gasteiger partial charge on any atom is -0.462 e. The summed E-state index contributed by atoms with van der Waals surface area (Å²) >= 11 is 0. The number of esters is 3. The molecule has 0 amide bonds. The van der Waals surface area contributed by atoms with E-state index in [0.717, 1.165) is 70.6 Å². The first-order valence-electron chi connectivity index (χ1n) is 24.0. The lowest BCUT2D eigenvalue weighted by atomic mass is 10.1. The van der Waals surface area contributed by atoms with Gasteiger partial charge >= 0.3 is 17.9 Å². The van der Waals surface area contributed by atoms with Crippen LogP contribution in [0.1, 0.15) is 220 Å². The van der Waals surface area contributed by atoms with Crippen molar-refractivity contribution < 1.29 is 28.6 Å². The zero-order valence-corrected chi connectivity index (χ0v) is 37.8. The van der Waals surface area contributed by atoms with Crippen LogP contribution in [0.15, 0.2) is 72.9 Å². The number of ether oxygens (including phenoxy) is 3. The third-order valence-corrected chi connectivity index (χ3v) is 9.98. The van der Waals surface area contributed by atoms with Crippen LogP contribution in [-0.4, -0.2) is 37.2 Å². The molecule has 0 radical (unpaired) electrons. The molecule has 0 saturated heterocycles. The molecule has 0 aromatic rings. The maximum absolute atomic E-state index is 12.7. The normalized spacial score (nSPS) is 12.7. The van der Waals surface area contributed by atoms with E-state index >= 15 is 0 Å². The second-order valence-electron chi connectivity index (χ2n) is 15.7. The molecule has 332 valence electrons. The highest BCUT2D eigenvalue weighted by Crippen LogP contribution is 2.12. The molecule has 0 saturated carbocycles. The van der Waals surface area contributed by atoms with Crippen molar-refractivity contribution in [2.75, 3.05) is 13.2 Å². The van der Waals surface area contributed by atoms with Crippen LogP contribution >= 0.6 is 0 Å². The lowest BCUT2D eigenvalue weighted by molar-refractivity contribution is -0.166. The van der Waals surface area contributed by atoms with Crippen LogP contribution in [0.25, 0.3) is 0 Å². The molecule has 1 atom stereocenters. The highest BCUT2D eigenvalue weighted by molar-refractivity contribution is 5.71. The third kappa shape index (κ3) is 44.0. The van der Waals surface area contributed by atoms with Gasteiger partial charge in [-0.3, -0.25) is 14.4 Å². The molecular formula is C52H88O6. The number of hydrogen-bond donors (Lipinski definition) is 0. The second-order valence-corrected chi connectivity index (χ2v) is 15.7. The predicted molar refractivity (Wildman–Crippen MR) is 247 cm³/mol. The van der Waals surface area contributed by atoms with Crippen LogP contribution in [0.4, 0.5) is 0 Å². The summed E-state index contributed by atoms with van der Waals surface area (Å²) in [5.74, 6) is -1.05. The van der Waals surface area contributed by atoms with E-state index < -0.39 is 12.1 Å². The summed E-state index contributed by atoms with van der Waals surface area (Å²) in [6.45, 7) is 6.47. The van der Waals surface area contributed by atoms with E-state index in [4.69, 9.17) is 14.2 Å². The third-order valence-electron chi connectivity index (χ3n) is 9.98. The van der Waals surface area contributed by atoms with E-state index in [9.17, 15) is 14.4 Å².